The average molecular weight is 309 g/mol. The summed E-state index contributed by atoms with van der Waals surface area (Å²) in [6.07, 6.45) is 0. The largest absolute Gasteiger partial charge is 2.00 e. The summed E-state index contributed by atoms with van der Waals surface area (Å²) in [5.41, 5.74) is 0. The van der Waals surface area contributed by atoms with Gasteiger partial charge in [0.05, 0.1) is 0 Å². The molecule has 2 rings (SSSR count). The molecule has 2 bridgehead atoms. The van der Waals surface area contributed by atoms with E-state index in [2.05, 4.69) is 22.9 Å². The fraction of sp³-hybridized carbons (Fsp3) is 0. The third-order valence-electron chi connectivity index (χ3n) is 1.13. The Morgan fingerprint density at radius 1 is 0.722 bits per heavy atom. The fourth-order valence-electron chi connectivity index (χ4n) is 0.728. The summed E-state index contributed by atoms with van der Waals surface area (Å²) in [6, 6.07) is 0. The van der Waals surface area contributed by atoms with Crippen LogP contribution in [0.15, 0.2) is 0 Å². The zero-order valence-electron chi connectivity index (χ0n) is 13.9. The van der Waals surface area contributed by atoms with Gasteiger partial charge >= 0.3 is 133 Å². The number of hydrogen-bond acceptors (Lipinski definition) is 10. The predicted molar refractivity (Wildman–Crippen MR) is 55.5 cm³/mol. The van der Waals surface area contributed by atoms with E-state index >= 15 is 0 Å². The van der Waals surface area contributed by atoms with E-state index in [1.807, 2.05) is 0 Å². The summed E-state index contributed by atoms with van der Waals surface area (Å²) in [7, 11) is -7.36. The van der Waals surface area contributed by atoms with Crippen molar-refractivity contribution in [3.05, 3.63) is 0 Å². The first kappa shape index (κ1) is 26.1. The molecule has 2 fully saturated rings. The van der Waals surface area contributed by atoms with Gasteiger partial charge in [0.1, 0.15) is 0 Å². The van der Waals surface area contributed by atoms with Crippen molar-refractivity contribution >= 4 is 74.3 Å². The van der Waals surface area contributed by atoms with Crippen LogP contribution in [0.5, 0.6) is 0 Å². The SMILES string of the molecule is OB(O)O.OB1OB2OB(O)OB(O1)O2.[Ca+2].[H-].[H-].[H-].[H-].[Na+].[Na+]. The van der Waals surface area contributed by atoms with Gasteiger partial charge in [0.2, 0.25) is 0 Å². The molecular weight excluding hydrogens is 300 g/mol. The fourth-order valence-corrected chi connectivity index (χ4v) is 0.728. The number of fused-ring (bicyclic) bond motifs is 2. The molecule has 18 heteroatoms. The zero-order valence-corrected chi connectivity index (χ0v) is 16.1. The van der Waals surface area contributed by atoms with E-state index in [9.17, 15) is 0 Å². The molecule has 5 N–H and O–H groups in total. The normalized spacial score (nSPS) is 16.5. The van der Waals surface area contributed by atoms with Crippen LogP contribution < -0.4 is 59.1 Å². The third-order valence-corrected chi connectivity index (χ3v) is 1.13. The topological polar surface area (TPSA) is 147 Å². The molecule has 0 atom stereocenters. The van der Waals surface area contributed by atoms with E-state index in [1.54, 1.807) is 0 Å². The second kappa shape index (κ2) is 13.8. The Labute approximate surface area is 184 Å². The first-order valence-electron chi connectivity index (χ1n) is 3.65. The van der Waals surface area contributed by atoms with Crippen LogP contribution in [0, 0.1) is 0 Å². The Morgan fingerprint density at radius 2 is 0.944 bits per heavy atom. The summed E-state index contributed by atoms with van der Waals surface area (Å²) in [4.78, 5) is 0. The van der Waals surface area contributed by atoms with Crippen molar-refractivity contribution in [1.29, 1.82) is 0 Å². The maximum atomic E-state index is 8.74. The van der Waals surface area contributed by atoms with Gasteiger partial charge in [-0.05, 0) is 0 Å². The van der Waals surface area contributed by atoms with Gasteiger partial charge < -0.3 is 53.7 Å². The van der Waals surface area contributed by atoms with Crippen LogP contribution in [0.25, 0.3) is 0 Å². The van der Waals surface area contributed by atoms with Gasteiger partial charge in [-0.15, -0.1) is 0 Å². The molecule has 2 saturated heterocycles. The van der Waals surface area contributed by atoms with E-state index < -0.39 is 36.6 Å². The van der Waals surface area contributed by atoms with Crippen molar-refractivity contribution in [2.24, 2.45) is 0 Å². The molecule has 0 aromatic carbocycles. The molecule has 2 aliphatic rings. The average Bonchev–Trinajstić information content (AvgIpc) is 1.98. The van der Waals surface area contributed by atoms with Crippen molar-refractivity contribution in [3.8, 4) is 0 Å². The van der Waals surface area contributed by atoms with Gasteiger partial charge in [0, 0.05) is 0 Å². The van der Waals surface area contributed by atoms with Gasteiger partial charge in [-0.1, -0.05) is 0 Å². The quantitative estimate of drug-likeness (QED) is 0.273. The molecule has 0 radical (unpaired) electrons. The summed E-state index contributed by atoms with van der Waals surface area (Å²) in [5.74, 6) is 0. The van der Waals surface area contributed by atoms with Crippen LogP contribution in [0.1, 0.15) is 5.71 Å². The van der Waals surface area contributed by atoms with E-state index in [4.69, 9.17) is 25.1 Å². The van der Waals surface area contributed by atoms with Gasteiger partial charge in [0.25, 0.3) is 0 Å². The Hall–Kier alpha value is 3.18. The minimum absolute atomic E-state index is 0. The van der Waals surface area contributed by atoms with Crippen LogP contribution >= 0.6 is 0 Å². The second-order valence-electron chi connectivity index (χ2n) is 2.22. The van der Waals surface area contributed by atoms with Crippen LogP contribution in [0.2, 0.25) is 0 Å². The molecule has 0 aliphatic carbocycles. The Balaban J connectivity index is -0.0000000377. The summed E-state index contributed by atoms with van der Waals surface area (Å²) >= 11 is 0. The molecule has 10 nitrogen and oxygen atoms in total. The minimum Gasteiger partial charge on any atom is -1.00 e. The van der Waals surface area contributed by atoms with Crippen molar-refractivity contribution in [1.82, 2.24) is 0 Å². The zero-order chi connectivity index (χ0) is 11.4. The molecule has 2 heterocycles. The van der Waals surface area contributed by atoms with Crippen LogP contribution in [-0.2, 0) is 22.9 Å². The molecule has 0 aromatic rings. The van der Waals surface area contributed by atoms with Crippen molar-refractivity contribution < 1.29 is 113 Å². The van der Waals surface area contributed by atoms with E-state index in [1.165, 1.54) is 0 Å². The first-order chi connectivity index (χ1) is 6.97. The van der Waals surface area contributed by atoms with Crippen molar-refractivity contribution in [2.75, 3.05) is 0 Å². The smallest absolute Gasteiger partial charge is 1.00 e. The van der Waals surface area contributed by atoms with Crippen molar-refractivity contribution in [3.63, 3.8) is 0 Å². The Morgan fingerprint density at radius 3 is 1.17 bits per heavy atom. The summed E-state index contributed by atoms with van der Waals surface area (Å²) in [5, 5.41) is 39.0. The van der Waals surface area contributed by atoms with Crippen molar-refractivity contribution in [2.45, 2.75) is 0 Å². The molecule has 0 spiro atoms. The van der Waals surface area contributed by atoms with E-state index in [0.29, 0.717) is 0 Å². The minimum atomic E-state index is -2.17. The Kier molecular flexibility index (Phi) is 20.0. The summed E-state index contributed by atoms with van der Waals surface area (Å²) < 4.78 is 22.6. The molecule has 0 amide bonds. The van der Waals surface area contributed by atoms with Gasteiger partial charge in [-0.2, -0.15) is 0 Å². The van der Waals surface area contributed by atoms with Gasteiger partial charge in [-0.3, -0.25) is 0 Å². The van der Waals surface area contributed by atoms with E-state index in [0.717, 1.165) is 0 Å². The van der Waals surface area contributed by atoms with Crippen LogP contribution in [0.3, 0.4) is 0 Å². The summed E-state index contributed by atoms with van der Waals surface area (Å²) in [6.45, 7) is 0. The Bertz CT molecular complexity index is 178. The van der Waals surface area contributed by atoms with Gasteiger partial charge in [0.15, 0.2) is 0 Å². The second-order valence-corrected chi connectivity index (χ2v) is 2.22. The molecule has 88 valence electrons. The predicted octanol–water partition coefficient (Wildman–Crippen LogP) is -11.0. The molecular formula is H9B5CaNa2O10. The maximum Gasteiger partial charge on any atom is 2.00 e. The molecule has 18 heavy (non-hydrogen) atoms. The van der Waals surface area contributed by atoms with Gasteiger partial charge in [-0.25, -0.2) is 0 Å². The van der Waals surface area contributed by atoms with Crippen LogP contribution in [0.4, 0.5) is 0 Å². The molecule has 0 aromatic heterocycles. The number of rotatable bonds is 0. The third kappa shape index (κ3) is 11.8. The van der Waals surface area contributed by atoms with Crippen LogP contribution in [-0.4, -0.2) is 99.5 Å². The monoisotopic (exact) mass is 310 g/mol. The molecule has 2 aliphatic heterocycles. The molecule has 0 saturated carbocycles. The number of hydrogen-bond donors (Lipinski definition) is 5. The standard InChI is InChI=1S/B4H2O7.BH3O3.Ca.2Na.4H/c5-1-7-3-9-2(6)10-4(8-1)11-3;2-1(3)4;;;;;;;/h5-6H;2-4H;;;;;;;/q;;+2;2*+1;4*-1. The molecule has 0 unspecified atom stereocenters. The first-order valence-corrected chi connectivity index (χ1v) is 3.65. The maximum absolute atomic E-state index is 8.74. The van der Waals surface area contributed by atoms with E-state index in [-0.39, 0.29) is 103 Å².